The molecule has 2 aromatic rings. The summed E-state index contributed by atoms with van der Waals surface area (Å²) in [5.74, 6) is 1.73. The molecule has 1 atom stereocenters. The van der Waals surface area contributed by atoms with Crippen molar-refractivity contribution in [2.45, 2.75) is 32.6 Å². The van der Waals surface area contributed by atoms with Crippen molar-refractivity contribution in [1.82, 2.24) is 10.2 Å². The fourth-order valence-electron chi connectivity index (χ4n) is 2.96. The van der Waals surface area contributed by atoms with Gasteiger partial charge in [0, 0.05) is 19.6 Å². The molecule has 0 amide bonds. The SMILES string of the molecule is CCNC(=NCc1ccc(OCc2ccccc2)cc1)N1CC[C@@H](O)C1.I. The summed E-state index contributed by atoms with van der Waals surface area (Å²) in [6, 6.07) is 18.2. The van der Waals surface area contributed by atoms with Crippen LogP contribution >= 0.6 is 24.0 Å². The van der Waals surface area contributed by atoms with Crippen LogP contribution in [0.4, 0.5) is 0 Å². The second-order valence-corrected chi connectivity index (χ2v) is 6.48. The van der Waals surface area contributed by atoms with Crippen LogP contribution in [0.25, 0.3) is 0 Å². The fraction of sp³-hybridized carbons (Fsp3) is 0.381. The standard InChI is InChI=1S/C21H27N3O2.HI/c1-2-22-21(24-13-12-19(25)15-24)23-14-17-8-10-20(11-9-17)26-16-18-6-4-3-5-7-18;/h3-11,19,25H,2,12-16H2,1H3,(H,22,23);1H/t19-;/m1./s1. The lowest BCUT2D eigenvalue weighted by atomic mass is 10.2. The van der Waals surface area contributed by atoms with Gasteiger partial charge in [0.1, 0.15) is 12.4 Å². The van der Waals surface area contributed by atoms with Gasteiger partial charge in [0.25, 0.3) is 0 Å². The number of aliphatic imine (C=N–C) groups is 1. The maximum absolute atomic E-state index is 9.73. The zero-order chi connectivity index (χ0) is 18.2. The average Bonchev–Trinajstić information content (AvgIpc) is 3.11. The Morgan fingerprint density at radius 1 is 1.15 bits per heavy atom. The summed E-state index contributed by atoms with van der Waals surface area (Å²) in [4.78, 5) is 6.82. The number of β-amino-alcohol motifs (C(OH)–C–C–N with tert-alkyl or cyclic N) is 1. The van der Waals surface area contributed by atoms with Crippen LogP contribution < -0.4 is 10.1 Å². The number of aliphatic hydroxyl groups is 1. The normalized spacial score (nSPS) is 16.7. The minimum atomic E-state index is -0.250. The van der Waals surface area contributed by atoms with E-state index >= 15 is 0 Å². The molecular formula is C21H28IN3O2. The molecule has 0 bridgehead atoms. The van der Waals surface area contributed by atoms with E-state index in [-0.39, 0.29) is 30.1 Å². The highest BCUT2D eigenvalue weighted by Crippen LogP contribution is 2.15. The third-order valence-electron chi connectivity index (χ3n) is 4.38. The molecule has 1 aliphatic rings. The number of halogens is 1. The molecule has 0 radical (unpaired) electrons. The highest BCUT2D eigenvalue weighted by Gasteiger charge is 2.22. The number of rotatable bonds is 6. The number of nitrogens with zero attached hydrogens (tertiary/aromatic N) is 2. The molecule has 5 nitrogen and oxygen atoms in total. The van der Waals surface area contributed by atoms with E-state index in [0.717, 1.165) is 42.3 Å². The first-order valence-electron chi connectivity index (χ1n) is 9.21. The summed E-state index contributed by atoms with van der Waals surface area (Å²) in [6.07, 6.45) is 0.553. The maximum atomic E-state index is 9.73. The molecule has 1 fully saturated rings. The maximum Gasteiger partial charge on any atom is 0.194 e. The van der Waals surface area contributed by atoms with E-state index in [4.69, 9.17) is 9.73 Å². The Bertz CT molecular complexity index is 707. The summed E-state index contributed by atoms with van der Waals surface area (Å²) in [7, 11) is 0. The van der Waals surface area contributed by atoms with Gasteiger partial charge in [-0.05, 0) is 36.6 Å². The molecule has 0 spiro atoms. The average molecular weight is 481 g/mol. The largest absolute Gasteiger partial charge is 0.489 e. The molecule has 0 aliphatic carbocycles. The predicted octanol–water partition coefficient (Wildman–Crippen LogP) is 3.42. The fourth-order valence-corrected chi connectivity index (χ4v) is 2.96. The van der Waals surface area contributed by atoms with Gasteiger partial charge in [0.2, 0.25) is 0 Å². The van der Waals surface area contributed by atoms with E-state index in [0.29, 0.717) is 19.7 Å². The van der Waals surface area contributed by atoms with Crippen molar-refractivity contribution < 1.29 is 9.84 Å². The first-order valence-corrected chi connectivity index (χ1v) is 9.21. The van der Waals surface area contributed by atoms with E-state index in [1.807, 2.05) is 42.5 Å². The lowest BCUT2D eigenvalue weighted by Crippen LogP contribution is -2.40. The molecule has 0 saturated carbocycles. The molecule has 0 unspecified atom stereocenters. The van der Waals surface area contributed by atoms with Gasteiger partial charge in [0.05, 0.1) is 12.6 Å². The zero-order valence-corrected chi connectivity index (χ0v) is 18.0. The Labute approximate surface area is 178 Å². The van der Waals surface area contributed by atoms with Crippen LogP contribution in [0.2, 0.25) is 0 Å². The van der Waals surface area contributed by atoms with Crippen molar-refractivity contribution in [2.24, 2.45) is 4.99 Å². The zero-order valence-electron chi connectivity index (χ0n) is 15.7. The minimum Gasteiger partial charge on any atom is -0.489 e. The Hall–Kier alpha value is -1.80. The van der Waals surface area contributed by atoms with Gasteiger partial charge < -0.3 is 20.1 Å². The second-order valence-electron chi connectivity index (χ2n) is 6.48. The van der Waals surface area contributed by atoms with Crippen LogP contribution in [0.1, 0.15) is 24.5 Å². The minimum absolute atomic E-state index is 0. The molecule has 0 aromatic heterocycles. The van der Waals surface area contributed by atoms with Crippen molar-refractivity contribution in [3.05, 3.63) is 65.7 Å². The van der Waals surface area contributed by atoms with Gasteiger partial charge in [0.15, 0.2) is 5.96 Å². The summed E-state index contributed by atoms with van der Waals surface area (Å²) in [6.45, 7) is 5.55. The number of benzene rings is 2. The van der Waals surface area contributed by atoms with Crippen molar-refractivity contribution in [3.63, 3.8) is 0 Å². The Morgan fingerprint density at radius 3 is 2.52 bits per heavy atom. The monoisotopic (exact) mass is 481 g/mol. The molecule has 3 rings (SSSR count). The van der Waals surface area contributed by atoms with Crippen LogP contribution in [0, 0.1) is 0 Å². The van der Waals surface area contributed by atoms with Gasteiger partial charge in [-0.3, -0.25) is 0 Å². The first kappa shape index (κ1) is 21.5. The lowest BCUT2D eigenvalue weighted by molar-refractivity contribution is 0.188. The van der Waals surface area contributed by atoms with Crippen molar-refractivity contribution in [2.75, 3.05) is 19.6 Å². The topological polar surface area (TPSA) is 57.1 Å². The molecule has 2 aromatic carbocycles. The number of likely N-dealkylation sites (tertiary alicyclic amines) is 1. The van der Waals surface area contributed by atoms with Crippen LogP contribution in [0.5, 0.6) is 5.75 Å². The third-order valence-corrected chi connectivity index (χ3v) is 4.38. The Kier molecular flexibility index (Phi) is 8.87. The number of hydrogen-bond donors (Lipinski definition) is 2. The molecule has 1 heterocycles. The van der Waals surface area contributed by atoms with Gasteiger partial charge in [-0.1, -0.05) is 42.5 Å². The van der Waals surface area contributed by atoms with E-state index < -0.39 is 0 Å². The summed E-state index contributed by atoms with van der Waals surface area (Å²) in [5, 5.41) is 13.0. The van der Waals surface area contributed by atoms with Crippen molar-refractivity contribution >= 4 is 29.9 Å². The molecular weight excluding hydrogens is 453 g/mol. The molecule has 1 aliphatic heterocycles. The quantitative estimate of drug-likeness (QED) is 0.377. The van der Waals surface area contributed by atoms with E-state index in [1.165, 1.54) is 0 Å². The van der Waals surface area contributed by atoms with Crippen LogP contribution in [-0.2, 0) is 13.2 Å². The Morgan fingerprint density at radius 2 is 1.89 bits per heavy atom. The van der Waals surface area contributed by atoms with E-state index in [1.54, 1.807) is 0 Å². The van der Waals surface area contributed by atoms with Gasteiger partial charge in [-0.25, -0.2) is 4.99 Å². The lowest BCUT2D eigenvalue weighted by Gasteiger charge is -2.20. The summed E-state index contributed by atoms with van der Waals surface area (Å²) >= 11 is 0. The second kappa shape index (κ2) is 11.1. The van der Waals surface area contributed by atoms with E-state index in [9.17, 15) is 5.11 Å². The first-order chi connectivity index (χ1) is 12.7. The van der Waals surface area contributed by atoms with Crippen LogP contribution in [-0.4, -0.2) is 41.7 Å². The van der Waals surface area contributed by atoms with Crippen LogP contribution in [0.3, 0.4) is 0 Å². The predicted molar refractivity (Wildman–Crippen MR) is 120 cm³/mol. The molecule has 2 N–H and O–H groups in total. The molecule has 27 heavy (non-hydrogen) atoms. The summed E-state index contributed by atoms with van der Waals surface area (Å²) < 4.78 is 5.82. The van der Waals surface area contributed by atoms with E-state index in [2.05, 4.69) is 29.3 Å². The molecule has 6 heteroatoms. The number of ether oxygens (including phenoxy) is 1. The third kappa shape index (κ3) is 6.70. The van der Waals surface area contributed by atoms with Crippen molar-refractivity contribution in [1.29, 1.82) is 0 Å². The highest BCUT2D eigenvalue weighted by molar-refractivity contribution is 14.0. The number of hydrogen-bond acceptors (Lipinski definition) is 3. The number of nitrogens with one attached hydrogen (secondary N) is 1. The van der Waals surface area contributed by atoms with Gasteiger partial charge >= 0.3 is 0 Å². The molecule has 1 saturated heterocycles. The number of guanidine groups is 1. The van der Waals surface area contributed by atoms with Gasteiger partial charge in [-0.2, -0.15) is 0 Å². The van der Waals surface area contributed by atoms with Gasteiger partial charge in [-0.15, -0.1) is 24.0 Å². The number of aliphatic hydroxyl groups excluding tert-OH is 1. The molecule has 146 valence electrons. The summed E-state index contributed by atoms with van der Waals surface area (Å²) in [5.41, 5.74) is 2.29. The van der Waals surface area contributed by atoms with Crippen molar-refractivity contribution in [3.8, 4) is 5.75 Å². The smallest absolute Gasteiger partial charge is 0.194 e. The Balaban J connectivity index is 0.00000261. The highest BCUT2D eigenvalue weighted by atomic mass is 127. The van der Waals surface area contributed by atoms with Crippen LogP contribution in [0.15, 0.2) is 59.6 Å².